The number of nitrogens with one attached hydrogen (secondary N) is 1. The molecule has 1 heterocycles. The molecule has 0 spiro atoms. The first-order chi connectivity index (χ1) is 5.36. The van der Waals surface area contributed by atoms with Crippen molar-refractivity contribution < 1.29 is 0 Å². The molecule has 1 aromatic rings. The van der Waals surface area contributed by atoms with Crippen LogP contribution in [0.2, 0.25) is 0 Å². The minimum atomic E-state index is 0.705. The van der Waals surface area contributed by atoms with Gasteiger partial charge in [0.15, 0.2) is 0 Å². The van der Waals surface area contributed by atoms with Gasteiger partial charge in [0.2, 0.25) is 5.95 Å². The van der Waals surface area contributed by atoms with Crippen LogP contribution in [0.5, 0.6) is 0 Å². The number of rotatable bonds is 3. The first-order valence-corrected chi connectivity index (χ1v) is 3.86. The summed E-state index contributed by atoms with van der Waals surface area (Å²) in [5.41, 5.74) is 1.10. The second kappa shape index (κ2) is 3.91. The van der Waals surface area contributed by atoms with Gasteiger partial charge in [0, 0.05) is 18.9 Å². The highest BCUT2D eigenvalue weighted by molar-refractivity contribution is 5.23. The molecule has 60 valence electrons. The smallest absolute Gasteiger partial charge is 0.222 e. The summed E-state index contributed by atoms with van der Waals surface area (Å²) in [5.74, 6) is 0.705. The molecule has 0 amide bonds. The van der Waals surface area contributed by atoms with E-state index in [1.54, 1.807) is 6.20 Å². The molecule has 0 bridgehead atoms. The molecule has 11 heavy (non-hydrogen) atoms. The second-order valence-corrected chi connectivity index (χ2v) is 2.37. The van der Waals surface area contributed by atoms with E-state index in [1.165, 1.54) is 0 Å². The number of nitrogens with zero attached hydrogens (tertiary/aromatic N) is 2. The van der Waals surface area contributed by atoms with Crippen LogP contribution in [0.4, 0.5) is 5.95 Å². The van der Waals surface area contributed by atoms with Gasteiger partial charge in [-0.3, -0.25) is 0 Å². The van der Waals surface area contributed by atoms with Crippen LogP contribution >= 0.6 is 0 Å². The van der Waals surface area contributed by atoms with Crippen molar-refractivity contribution in [2.45, 2.75) is 19.8 Å². The van der Waals surface area contributed by atoms with Crippen molar-refractivity contribution in [3.63, 3.8) is 0 Å². The molecule has 1 rings (SSSR count). The Morgan fingerprint density at radius 1 is 1.55 bits per heavy atom. The first kappa shape index (κ1) is 7.98. The summed E-state index contributed by atoms with van der Waals surface area (Å²) < 4.78 is 0. The fraction of sp³-hybridized carbons (Fsp3) is 0.500. The zero-order valence-corrected chi connectivity index (χ0v) is 6.96. The van der Waals surface area contributed by atoms with Crippen LogP contribution in [0.1, 0.15) is 19.0 Å². The van der Waals surface area contributed by atoms with Crippen LogP contribution < -0.4 is 5.32 Å². The van der Waals surface area contributed by atoms with Gasteiger partial charge in [-0.15, -0.1) is 0 Å². The Bertz CT molecular complexity index is 222. The molecule has 0 saturated heterocycles. The van der Waals surface area contributed by atoms with E-state index in [0.29, 0.717) is 5.95 Å². The van der Waals surface area contributed by atoms with E-state index in [1.807, 2.05) is 13.1 Å². The van der Waals surface area contributed by atoms with Crippen LogP contribution in [0.3, 0.4) is 0 Å². The highest BCUT2D eigenvalue weighted by atomic mass is 15.1. The Hall–Kier alpha value is -1.12. The molecule has 1 aromatic heterocycles. The normalized spacial score (nSPS) is 9.64. The highest BCUT2D eigenvalue weighted by Crippen LogP contribution is 2.01. The van der Waals surface area contributed by atoms with E-state index in [-0.39, 0.29) is 0 Å². The molecule has 1 N–H and O–H groups in total. The Kier molecular flexibility index (Phi) is 2.83. The molecule has 3 heteroatoms. The third-order valence-corrected chi connectivity index (χ3v) is 1.44. The van der Waals surface area contributed by atoms with Crippen molar-refractivity contribution in [3.05, 3.63) is 18.0 Å². The number of anilines is 1. The predicted molar refractivity (Wildman–Crippen MR) is 45.6 cm³/mol. The van der Waals surface area contributed by atoms with E-state index in [2.05, 4.69) is 22.2 Å². The van der Waals surface area contributed by atoms with Gasteiger partial charge in [-0.2, -0.15) is 0 Å². The van der Waals surface area contributed by atoms with Gasteiger partial charge in [-0.05, 0) is 12.5 Å². The molecule has 3 nitrogen and oxygen atoms in total. The van der Waals surface area contributed by atoms with Gasteiger partial charge in [0.05, 0.1) is 0 Å². The zero-order chi connectivity index (χ0) is 8.10. The zero-order valence-electron chi connectivity index (χ0n) is 6.96. The van der Waals surface area contributed by atoms with Gasteiger partial charge in [-0.25, -0.2) is 9.97 Å². The molecular formula is C8H13N3. The van der Waals surface area contributed by atoms with Crippen molar-refractivity contribution in [2.24, 2.45) is 0 Å². The average Bonchev–Trinajstić information content (AvgIpc) is 2.06. The van der Waals surface area contributed by atoms with E-state index < -0.39 is 0 Å². The van der Waals surface area contributed by atoms with Gasteiger partial charge in [-0.1, -0.05) is 13.3 Å². The summed E-state index contributed by atoms with van der Waals surface area (Å²) in [5, 5.41) is 2.90. The Balaban J connectivity index is 2.74. The van der Waals surface area contributed by atoms with Gasteiger partial charge in [0.1, 0.15) is 0 Å². The Morgan fingerprint density at radius 3 is 3.00 bits per heavy atom. The van der Waals surface area contributed by atoms with Gasteiger partial charge < -0.3 is 5.32 Å². The predicted octanol–water partition coefficient (Wildman–Crippen LogP) is 1.47. The molecule has 0 aliphatic carbocycles. The van der Waals surface area contributed by atoms with E-state index >= 15 is 0 Å². The van der Waals surface area contributed by atoms with Gasteiger partial charge >= 0.3 is 0 Å². The molecule has 0 fully saturated rings. The van der Waals surface area contributed by atoms with Crippen LogP contribution in [-0.2, 0) is 6.42 Å². The summed E-state index contributed by atoms with van der Waals surface area (Å²) in [6.07, 6.45) is 3.93. The maximum absolute atomic E-state index is 4.26. The van der Waals surface area contributed by atoms with Crippen molar-refractivity contribution in [2.75, 3.05) is 12.4 Å². The summed E-state index contributed by atoms with van der Waals surface area (Å²) >= 11 is 0. The number of hydrogen-bond donors (Lipinski definition) is 1. The van der Waals surface area contributed by atoms with Crippen molar-refractivity contribution in [3.8, 4) is 0 Å². The number of hydrogen-bond acceptors (Lipinski definition) is 3. The fourth-order valence-electron chi connectivity index (χ4n) is 0.912. The van der Waals surface area contributed by atoms with E-state index in [9.17, 15) is 0 Å². The minimum absolute atomic E-state index is 0.705. The van der Waals surface area contributed by atoms with Crippen molar-refractivity contribution in [1.29, 1.82) is 0 Å². The summed E-state index contributed by atoms with van der Waals surface area (Å²) in [7, 11) is 1.82. The fourth-order valence-corrected chi connectivity index (χ4v) is 0.912. The third-order valence-electron chi connectivity index (χ3n) is 1.44. The SMILES string of the molecule is CCCc1ccnc(NC)n1. The highest BCUT2D eigenvalue weighted by Gasteiger charge is 1.94. The largest absolute Gasteiger partial charge is 0.357 e. The minimum Gasteiger partial charge on any atom is -0.357 e. The maximum Gasteiger partial charge on any atom is 0.222 e. The summed E-state index contributed by atoms with van der Waals surface area (Å²) in [6.45, 7) is 2.14. The van der Waals surface area contributed by atoms with Crippen molar-refractivity contribution >= 4 is 5.95 Å². The lowest BCUT2D eigenvalue weighted by Crippen LogP contribution is -1.98. The summed E-state index contributed by atoms with van der Waals surface area (Å²) in [6, 6.07) is 1.95. The molecule has 0 aliphatic heterocycles. The third kappa shape index (κ3) is 2.18. The molecular weight excluding hydrogens is 138 g/mol. The van der Waals surface area contributed by atoms with Crippen LogP contribution in [0.15, 0.2) is 12.3 Å². The van der Waals surface area contributed by atoms with Crippen LogP contribution in [0.25, 0.3) is 0 Å². The summed E-state index contributed by atoms with van der Waals surface area (Å²) in [4.78, 5) is 8.28. The van der Waals surface area contributed by atoms with Crippen LogP contribution in [0, 0.1) is 0 Å². The van der Waals surface area contributed by atoms with Crippen LogP contribution in [-0.4, -0.2) is 17.0 Å². The molecule has 0 aromatic carbocycles. The second-order valence-electron chi connectivity index (χ2n) is 2.37. The Morgan fingerprint density at radius 2 is 2.36 bits per heavy atom. The molecule has 0 aliphatic rings. The quantitative estimate of drug-likeness (QED) is 0.710. The maximum atomic E-state index is 4.26. The van der Waals surface area contributed by atoms with E-state index in [4.69, 9.17) is 0 Å². The topological polar surface area (TPSA) is 37.8 Å². The molecule has 0 radical (unpaired) electrons. The number of aryl methyl sites for hydroxylation is 1. The van der Waals surface area contributed by atoms with Crippen molar-refractivity contribution in [1.82, 2.24) is 9.97 Å². The lowest BCUT2D eigenvalue weighted by atomic mass is 10.2. The van der Waals surface area contributed by atoms with Gasteiger partial charge in [0.25, 0.3) is 0 Å². The standard InChI is InChI=1S/C8H13N3/c1-3-4-7-5-6-10-8(9-2)11-7/h5-6H,3-4H2,1-2H3,(H,9,10,11). The lowest BCUT2D eigenvalue weighted by Gasteiger charge is -1.99. The molecule has 0 saturated carbocycles. The lowest BCUT2D eigenvalue weighted by molar-refractivity contribution is 0.874. The average molecular weight is 151 g/mol. The molecule has 0 unspecified atom stereocenters. The van der Waals surface area contributed by atoms with E-state index in [0.717, 1.165) is 18.5 Å². The molecule has 0 atom stereocenters. The first-order valence-electron chi connectivity index (χ1n) is 3.86. The number of aromatic nitrogens is 2. The Labute approximate surface area is 66.9 Å². The monoisotopic (exact) mass is 151 g/mol.